The summed E-state index contributed by atoms with van der Waals surface area (Å²) < 4.78 is 1.57. The van der Waals surface area contributed by atoms with Crippen molar-refractivity contribution in [3.05, 3.63) is 81.7 Å². The number of nitrogens with zero attached hydrogens (tertiary/aromatic N) is 5. The summed E-state index contributed by atoms with van der Waals surface area (Å²) in [5.74, 6) is -1.11. The number of amides is 1. The van der Waals surface area contributed by atoms with Crippen LogP contribution in [0, 0.1) is 10.1 Å². The molecule has 0 N–H and O–H groups in total. The minimum Gasteiger partial charge on any atom is -0.299 e. The van der Waals surface area contributed by atoms with Crippen LogP contribution >= 0.6 is 0 Å². The van der Waals surface area contributed by atoms with E-state index in [1.54, 1.807) is 47.3 Å². The Labute approximate surface area is 153 Å². The first-order valence-electron chi connectivity index (χ1n) is 8.10. The van der Waals surface area contributed by atoms with Crippen LogP contribution in [0.2, 0.25) is 0 Å². The zero-order chi connectivity index (χ0) is 19.0. The van der Waals surface area contributed by atoms with Crippen molar-refractivity contribution >= 4 is 23.1 Å². The first-order valence-corrected chi connectivity index (χ1v) is 8.10. The number of aromatic nitrogens is 3. The topological polar surface area (TPSA) is 111 Å². The molecular formula is C18H13N5O4. The first kappa shape index (κ1) is 16.6. The largest absolute Gasteiger partial charge is 0.299 e. The number of hydrogen-bond donors (Lipinski definition) is 0. The maximum Gasteiger partial charge on any atom is 0.299 e. The van der Waals surface area contributed by atoms with Crippen LogP contribution in [0.5, 0.6) is 0 Å². The predicted octanol–water partition coefficient (Wildman–Crippen LogP) is 1.96. The number of rotatable bonds is 5. The molecule has 27 heavy (non-hydrogen) atoms. The number of carbonyl (C=O) groups excluding carboxylic acids is 2. The van der Waals surface area contributed by atoms with Gasteiger partial charge in [0.05, 0.1) is 35.5 Å². The maximum absolute atomic E-state index is 12.2. The van der Waals surface area contributed by atoms with E-state index in [2.05, 4.69) is 10.3 Å². The smallest absolute Gasteiger partial charge is 0.299 e. The molecule has 9 nitrogen and oxygen atoms in total. The summed E-state index contributed by atoms with van der Waals surface area (Å²) in [5, 5.41) is 18.8. The Morgan fingerprint density at radius 3 is 2.48 bits per heavy atom. The number of fused-ring (bicyclic) bond motifs is 1. The Morgan fingerprint density at radius 1 is 1.00 bits per heavy atom. The highest BCUT2D eigenvalue weighted by atomic mass is 16.6. The number of ketones is 1. The van der Waals surface area contributed by atoms with Crippen molar-refractivity contribution in [3.8, 4) is 0 Å². The van der Waals surface area contributed by atoms with Crippen molar-refractivity contribution in [2.24, 2.45) is 0 Å². The van der Waals surface area contributed by atoms with E-state index < -0.39 is 16.6 Å². The number of benzene rings is 2. The number of nitro groups is 1. The SMILES string of the molecule is O=C1C(=O)N(Cc2cn(Cc3ccc([N+](=O)[O-])cc3)nn2)c2ccccc21. The number of non-ortho nitro benzene ring substituents is 1. The molecule has 134 valence electrons. The van der Waals surface area contributed by atoms with Gasteiger partial charge in [0.2, 0.25) is 0 Å². The van der Waals surface area contributed by atoms with E-state index in [-0.39, 0.29) is 12.2 Å². The van der Waals surface area contributed by atoms with Crippen molar-refractivity contribution in [1.29, 1.82) is 0 Å². The summed E-state index contributed by atoms with van der Waals surface area (Å²) in [7, 11) is 0. The molecule has 0 bridgehead atoms. The molecule has 0 radical (unpaired) electrons. The highest BCUT2D eigenvalue weighted by Gasteiger charge is 2.35. The molecule has 4 rings (SSSR count). The predicted molar refractivity (Wildman–Crippen MR) is 94.2 cm³/mol. The van der Waals surface area contributed by atoms with Crippen LogP contribution in [0.1, 0.15) is 21.6 Å². The molecule has 0 saturated heterocycles. The zero-order valence-electron chi connectivity index (χ0n) is 14.0. The van der Waals surface area contributed by atoms with Gasteiger partial charge in [-0.15, -0.1) is 5.10 Å². The lowest BCUT2D eigenvalue weighted by molar-refractivity contribution is -0.384. The lowest BCUT2D eigenvalue weighted by Crippen LogP contribution is -2.29. The third-order valence-corrected chi connectivity index (χ3v) is 4.28. The molecule has 0 fully saturated rings. The Hall–Kier alpha value is -3.88. The molecule has 0 unspecified atom stereocenters. The minimum absolute atomic E-state index is 0.0221. The normalized spacial score (nSPS) is 13.1. The molecule has 0 aliphatic carbocycles. The molecule has 1 aliphatic heterocycles. The lowest BCUT2D eigenvalue weighted by atomic mass is 10.1. The number of Topliss-reactive ketones (excluding diaryl/α,β-unsaturated/α-hetero) is 1. The van der Waals surface area contributed by atoms with Gasteiger partial charge in [-0.1, -0.05) is 29.5 Å². The Bertz CT molecular complexity index is 1060. The molecule has 0 atom stereocenters. The molecular weight excluding hydrogens is 350 g/mol. The fraction of sp³-hybridized carbons (Fsp3) is 0.111. The van der Waals surface area contributed by atoms with Crippen LogP contribution in [-0.2, 0) is 17.9 Å². The molecule has 9 heteroatoms. The number of para-hydroxylation sites is 1. The van der Waals surface area contributed by atoms with Crippen LogP contribution in [-0.4, -0.2) is 31.6 Å². The Kier molecular flexibility index (Phi) is 3.96. The van der Waals surface area contributed by atoms with Gasteiger partial charge < -0.3 is 0 Å². The summed E-state index contributed by atoms with van der Waals surface area (Å²) in [5.41, 5.74) is 2.34. The third kappa shape index (κ3) is 3.06. The zero-order valence-corrected chi connectivity index (χ0v) is 14.0. The van der Waals surface area contributed by atoms with Crippen LogP contribution < -0.4 is 4.90 Å². The first-order chi connectivity index (χ1) is 13.0. The quantitative estimate of drug-likeness (QED) is 0.389. The maximum atomic E-state index is 12.2. The van der Waals surface area contributed by atoms with E-state index >= 15 is 0 Å². The second-order valence-corrected chi connectivity index (χ2v) is 6.07. The summed E-state index contributed by atoms with van der Waals surface area (Å²) in [6.07, 6.45) is 1.68. The number of nitro benzene ring substituents is 1. The van der Waals surface area contributed by atoms with Crippen LogP contribution in [0.25, 0.3) is 0 Å². The van der Waals surface area contributed by atoms with Gasteiger partial charge in [-0.2, -0.15) is 0 Å². The molecule has 0 saturated carbocycles. The van der Waals surface area contributed by atoms with E-state index in [1.807, 2.05) is 0 Å². The van der Waals surface area contributed by atoms with Crippen molar-refractivity contribution < 1.29 is 14.5 Å². The monoisotopic (exact) mass is 363 g/mol. The van der Waals surface area contributed by atoms with Crippen LogP contribution in [0.15, 0.2) is 54.7 Å². The molecule has 2 aromatic carbocycles. The van der Waals surface area contributed by atoms with Crippen molar-refractivity contribution in [3.63, 3.8) is 0 Å². The molecule has 0 spiro atoms. The van der Waals surface area contributed by atoms with E-state index in [0.717, 1.165) is 5.56 Å². The standard InChI is InChI=1S/C18H13N5O4/c24-17-15-3-1-2-4-16(15)22(18(17)25)11-13-10-21(20-19-13)9-12-5-7-14(8-6-12)23(26)27/h1-8,10H,9,11H2. The molecule has 3 aromatic rings. The van der Waals surface area contributed by atoms with Gasteiger partial charge in [0.15, 0.2) is 0 Å². The van der Waals surface area contributed by atoms with Gasteiger partial charge in [0, 0.05) is 12.1 Å². The van der Waals surface area contributed by atoms with Gasteiger partial charge in [-0.3, -0.25) is 24.6 Å². The number of anilines is 1. The van der Waals surface area contributed by atoms with E-state index in [4.69, 9.17) is 0 Å². The molecule has 1 aliphatic rings. The van der Waals surface area contributed by atoms with Crippen molar-refractivity contribution in [2.75, 3.05) is 4.90 Å². The van der Waals surface area contributed by atoms with Crippen LogP contribution in [0.4, 0.5) is 11.4 Å². The fourth-order valence-corrected chi connectivity index (χ4v) is 2.97. The van der Waals surface area contributed by atoms with Gasteiger partial charge in [0.1, 0.15) is 5.69 Å². The molecule has 2 heterocycles. The highest BCUT2D eigenvalue weighted by molar-refractivity contribution is 6.52. The number of carbonyl (C=O) groups is 2. The van der Waals surface area contributed by atoms with Gasteiger partial charge >= 0.3 is 0 Å². The van der Waals surface area contributed by atoms with Crippen LogP contribution in [0.3, 0.4) is 0 Å². The average molecular weight is 363 g/mol. The fourth-order valence-electron chi connectivity index (χ4n) is 2.97. The van der Waals surface area contributed by atoms with Gasteiger partial charge in [0.25, 0.3) is 17.4 Å². The van der Waals surface area contributed by atoms with Gasteiger partial charge in [-0.05, 0) is 17.7 Å². The summed E-state index contributed by atoms with van der Waals surface area (Å²) >= 11 is 0. The summed E-state index contributed by atoms with van der Waals surface area (Å²) in [6.45, 7) is 0.524. The lowest BCUT2D eigenvalue weighted by Gasteiger charge is -2.14. The van der Waals surface area contributed by atoms with Crippen molar-refractivity contribution in [1.82, 2.24) is 15.0 Å². The van der Waals surface area contributed by atoms with E-state index in [0.29, 0.717) is 23.5 Å². The second-order valence-electron chi connectivity index (χ2n) is 6.07. The highest BCUT2D eigenvalue weighted by Crippen LogP contribution is 2.29. The second kappa shape index (κ2) is 6.45. The Balaban J connectivity index is 1.49. The van der Waals surface area contributed by atoms with E-state index in [1.165, 1.54) is 17.0 Å². The average Bonchev–Trinajstić information content (AvgIpc) is 3.21. The summed E-state index contributed by atoms with van der Waals surface area (Å²) in [4.78, 5) is 35.9. The number of hydrogen-bond acceptors (Lipinski definition) is 6. The minimum atomic E-state index is -0.582. The van der Waals surface area contributed by atoms with Gasteiger partial charge in [-0.25, -0.2) is 4.68 Å². The summed E-state index contributed by atoms with van der Waals surface area (Å²) in [6, 6.07) is 13.0. The molecule has 1 aromatic heterocycles. The van der Waals surface area contributed by atoms with E-state index in [9.17, 15) is 19.7 Å². The Morgan fingerprint density at radius 2 is 1.74 bits per heavy atom. The third-order valence-electron chi connectivity index (χ3n) is 4.28. The van der Waals surface area contributed by atoms with Crippen molar-refractivity contribution in [2.45, 2.75) is 13.1 Å². The molecule has 1 amide bonds.